The summed E-state index contributed by atoms with van der Waals surface area (Å²) in [6.45, 7) is 5.43. The molecule has 1 N–H and O–H groups in total. The molecule has 0 aliphatic carbocycles. The molecule has 0 radical (unpaired) electrons. The van der Waals surface area contributed by atoms with Gasteiger partial charge in [-0.25, -0.2) is 4.98 Å². The van der Waals surface area contributed by atoms with Crippen molar-refractivity contribution in [3.05, 3.63) is 53.6 Å². The molecule has 1 aliphatic rings. The molecule has 0 spiro atoms. The van der Waals surface area contributed by atoms with Gasteiger partial charge in [0.1, 0.15) is 5.82 Å². The summed E-state index contributed by atoms with van der Waals surface area (Å²) in [5.74, 6) is 1.62. The van der Waals surface area contributed by atoms with Crippen LogP contribution in [0.15, 0.2) is 36.7 Å². The first-order valence-corrected chi connectivity index (χ1v) is 8.63. The smallest absolute Gasteiger partial charge is 0.126 e. The summed E-state index contributed by atoms with van der Waals surface area (Å²) in [7, 11) is 0. The van der Waals surface area contributed by atoms with Gasteiger partial charge < -0.3 is 14.6 Å². The molecular formula is C19H24N4O. The van der Waals surface area contributed by atoms with Gasteiger partial charge >= 0.3 is 0 Å². The largest absolute Gasteiger partial charge is 0.381 e. The first kappa shape index (κ1) is 16.7. The van der Waals surface area contributed by atoms with Gasteiger partial charge in [0.25, 0.3) is 0 Å². The lowest BCUT2D eigenvalue weighted by Crippen LogP contribution is -2.34. The number of hydrogen-bond donors (Lipinski definition) is 1. The number of aryl methyl sites for hydroxylation is 1. The summed E-state index contributed by atoms with van der Waals surface area (Å²) in [6.07, 6.45) is 6.02. The molecule has 0 bridgehead atoms. The van der Waals surface area contributed by atoms with Crippen LogP contribution in [-0.2, 0) is 17.8 Å². The monoisotopic (exact) mass is 324 g/mol. The first-order valence-electron chi connectivity index (χ1n) is 8.63. The van der Waals surface area contributed by atoms with Crippen molar-refractivity contribution in [3.63, 3.8) is 0 Å². The van der Waals surface area contributed by atoms with E-state index in [1.807, 2.05) is 30.6 Å². The molecule has 1 fully saturated rings. The molecule has 0 amide bonds. The van der Waals surface area contributed by atoms with Crippen molar-refractivity contribution in [2.75, 3.05) is 13.2 Å². The summed E-state index contributed by atoms with van der Waals surface area (Å²) in [5.41, 5.74) is 1.83. The van der Waals surface area contributed by atoms with Crippen LogP contribution in [0.3, 0.4) is 0 Å². The normalized spacial score (nSPS) is 16.7. The average molecular weight is 324 g/mol. The molecule has 24 heavy (non-hydrogen) atoms. The van der Waals surface area contributed by atoms with Gasteiger partial charge in [0.15, 0.2) is 0 Å². The Morgan fingerprint density at radius 1 is 1.42 bits per heavy atom. The predicted molar refractivity (Wildman–Crippen MR) is 92.2 cm³/mol. The number of aromatic nitrogens is 2. The van der Waals surface area contributed by atoms with E-state index < -0.39 is 0 Å². The highest BCUT2D eigenvalue weighted by Gasteiger charge is 2.28. The number of ether oxygens (including phenoxy) is 1. The quantitative estimate of drug-likeness (QED) is 0.887. The summed E-state index contributed by atoms with van der Waals surface area (Å²) in [6, 6.07) is 10.2. The summed E-state index contributed by atoms with van der Waals surface area (Å²) >= 11 is 0. The lowest BCUT2D eigenvalue weighted by Gasteiger charge is -2.31. The van der Waals surface area contributed by atoms with Crippen molar-refractivity contribution in [1.82, 2.24) is 14.9 Å². The maximum absolute atomic E-state index is 9.06. The third-order valence-electron chi connectivity index (χ3n) is 4.69. The zero-order chi connectivity index (χ0) is 16.8. The first-order chi connectivity index (χ1) is 11.8. The van der Waals surface area contributed by atoms with Crippen molar-refractivity contribution in [3.8, 4) is 6.07 Å². The highest BCUT2D eigenvalue weighted by molar-refractivity contribution is 5.32. The van der Waals surface area contributed by atoms with Gasteiger partial charge in [-0.3, -0.25) is 0 Å². The molecule has 5 nitrogen and oxygen atoms in total. The molecule has 1 aromatic heterocycles. The van der Waals surface area contributed by atoms with Gasteiger partial charge in [-0.15, -0.1) is 0 Å². The van der Waals surface area contributed by atoms with Crippen LogP contribution < -0.4 is 5.32 Å². The van der Waals surface area contributed by atoms with E-state index in [1.165, 1.54) is 0 Å². The average Bonchev–Trinajstić information content (AvgIpc) is 3.11. The Morgan fingerprint density at radius 2 is 2.25 bits per heavy atom. The van der Waals surface area contributed by atoms with Gasteiger partial charge in [-0.1, -0.05) is 12.1 Å². The minimum absolute atomic E-state index is 0.203. The van der Waals surface area contributed by atoms with Crippen molar-refractivity contribution in [2.45, 2.75) is 38.9 Å². The van der Waals surface area contributed by atoms with E-state index >= 15 is 0 Å². The van der Waals surface area contributed by atoms with E-state index in [2.05, 4.69) is 33.9 Å². The Bertz CT molecular complexity index is 697. The topological polar surface area (TPSA) is 62.9 Å². The number of benzene rings is 1. The molecule has 1 unspecified atom stereocenters. The van der Waals surface area contributed by atoms with Crippen LogP contribution in [0.2, 0.25) is 0 Å². The maximum Gasteiger partial charge on any atom is 0.126 e. The zero-order valence-corrected chi connectivity index (χ0v) is 14.1. The lowest BCUT2D eigenvalue weighted by atomic mass is 9.90. The molecule has 2 aromatic rings. The van der Waals surface area contributed by atoms with Gasteiger partial charge in [-0.05, 0) is 43.4 Å². The molecule has 126 valence electrons. The fourth-order valence-corrected chi connectivity index (χ4v) is 3.36. The molecule has 1 aliphatic heterocycles. The number of rotatable bonds is 6. The van der Waals surface area contributed by atoms with Crippen LogP contribution in [-0.4, -0.2) is 22.8 Å². The van der Waals surface area contributed by atoms with E-state index in [0.717, 1.165) is 50.5 Å². The van der Waals surface area contributed by atoms with Crippen LogP contribution in [0.5, 0.6) is 0 Å². The minimum Gasteiger partial charge on any atom is -0.381 e. The Hall–Kier alpha value is -2.16. The van der Waals surface area contributed by atoms with Gasteiger partial charge in [-0.2, -0.15) is 5.26 Å². The van der Waals surface area contributed by atoms with Crippen LogP contribution in [0.4, 0.5) is 0 Å². The van der Waals surface area contributed by atoms with Crippen molar-refractivity contribution >= 4 is 0 Å². The van der Waals surface area contributed by atoms with Gasteiger partial charge in [0.2, 0.25) is 0 Å². The van der Waals surface area contributed by atoms with Crippen LogP contribution in [0.1, 0.15) is 42.8 Å². The molecule has 1 aromatic carbocycles. The molecule has 0 saturated carbocycles. The number of nitrogens with one attached hydrogen (secondary N) is 1. The zero-order valence-electron chi connectivity index (χ0n) is 14.1. The van der Waals surface area contributed by atoms with E-state index in [9.17, 15) is 0 Å². The lowest BCUT2D eigenvalue weighted by molar-refractivity contribution is 0.0517. The highest BCUT2D eigenvalue weighted by Crippen LogP contribution is 2.29. The Balaban J connectivity index is 1.78. The van der Waals surface area contributed by atoms with Crippen LogP contribution >= 0.6 is 0 Å². The fourth-order valence-electron chi connectivity index (χ4n) is 3.36. The fraction of sp³-hybridized carbons (Fsp3) is 0.474. The SMILES string of the molecule is CCn1ccnc1C(NCc1cccc(C#N)c1)C1CCOCC1. The second-order valence-electron chi connectivity index (χ2n) is 6.19. The predicted octanol–water partition coefficient (Wildman–Crippen LogP) is 3.03. The van der Waals surface area contributed by atoms with Crippen molar-refractivity contribution in [1.29, 1.82) is 5.26 Å². The summed E-state index contributed by atoms with van der Waals surface area (Å²) in [5, 5.41) is 12.8. The highest BCUT2D eigenvalue weighted by atomic mass is 16.5. The van der Waals surface area contributed by atoms with Gasteiger partial charge in [0.05, 0.1) is 17.7 Å². The third kappa shape index (κ3) is 3.84. The molecule has 3 rings (SSSR count). The summed E-state index contributed by atoms with van der Waals surface area (Å²) in [4.78, 5) is 4.62. The Labute approximate surface area is 143 Å². The van der Waals surface area contributed by atoms with E-state index in [1.54, 1.807) is 0 Å². The number of hydrogen-bond acceptors (Lipinski definition) is 4. The molecule has 2 heterocycles. The standard InChI is InChI=1S/C19H24N4O/c1-2-23-9-8-21-19(23)18(17-6-10-24-11-7-17)22-14-16-5-3-4-15(12-16)13-20/h3-5,8-9,12,17-18,22H,2,6-7,10-11,14H2,1H3. The second-order valence-corrected chi connectivity index (χ2v) is 6.19. The molecule has 5 heteroatoms. The number of nitrogens with zero attached hydrogens (tertiary/aromatic N) is 3. The number of nitriles is 1. The number of imidazole rings is 1. The van der Waals surface area contributed by atoms with Crippen molar-refractivity contribution in [2.24, 2.45) is 5.92 Å². The van der Waals surface area contributed by atoms with E-state index in [4.69, 9.17) is 10.00 Å². The van der Waals surface area contributed by atoms with E-state index in [-0.39, 0.29) is 6.04 Å². The summed E-state index contributed by atoms with van der Waals surface area (Å²) < 4.78 is 7.73. The van der Waals surface area contributed by atoms with Crippen LogP contribution in [0, 0.1) is 17.2 Å². The Morgan fingerprint density at radius 3 is 3.00 bits per heavy atom. The minimum atomic E-state index is 0.203. The van der Waals surface area contributed by atoms with Crippen LogP contribution in [0.25, 0.3) is 0 Å². The molecule has 1 saturated heterocycles. The maximum atomic E-state index is 9.06. The second kappa shape index (κ2) is 8.09. The molecule has 1 atom stereocenters. The third-order valence-corrected chi connectivity index (χ3v) is 4.69. The van der Waals surface area contributed by atoms with Crippen molar-refractivity contribution < 1.29 is 4.74 Å². The van der Waals surface area contributed by atoms with E-state index in [0.29, 0.717) is 11.5 Å². The Kier molecular flexibility index (Phi) is 5.63. The molecular weight excluding hydrogens is 300 g/mol. The van der Waals surface area contributed by atoms with Gasteiger partial charge in [0, 0.05) is 38.7 Å².